The van der Waals surface area contributed by atoms with Crippen LogP contribution in [0, 0.1) is 0 Å². The van der Waals surface area contributed by atoms with Gasteiger partial charge < -0.3 is 19.5 Å². The number of fused-ring (bicyclic) bond motifs is 1. The third-order valence-electron chi connectivity index (χ3n) is 5.04. The maximum absolute atomic E-state index is 5.91. The summed E-state index contributed by atoms with van der Waals surface area (Å²) in [7, 11) is 4.19. The van der Waals surface area contributed by atoms with Gasteiger partial charge in [-0.1, -0.05) is 12.1 Å². The Labute approximate surface area is 137 Å². The molecule has 1 fully saturated rings. The van der Waals surface area contributed by atoms with Gasteiger partial charge >= 0.3 is 0 Å². The van der Waals surface area contributed by atoms with E-state index in [0.29, 0.717) is 6.04 Å². The predicted molar refractivity (Wildman–Crippen MR) is 90.6 cm³/mol. The minimum Gasteiger partial charge on any atom is -0.374 e. The highest BCUT2D eigenvalue weighted by molar-refractivity contribution is 5.58. The molecule has 1 aromatic heterocycles. The lowest BCUT2D eigenvalue weighted by molar-refractivity contribution is 0.0893. The van der Waals surface area contributed by atoms with Gasteiger partial charge in [-0.25, -0.2) is 4.98 Å². The highest BCUT2D eigenvalue weighted by atomic mass is 16.5. The molecule has 1 saturated heterocycles. The van der Waals surface area contributed by atoms with Gasteiger partial charge in [0.25, 0.3) is 0 Å². The summed E-state index contributed by atoms with van der Waals surface area (Å²) < 4.78 is 7.97. The molecule has 4 rings (SSSR count). The molecule has 0 saturated carbocycles. The van der Waals surface area contributed by atoms with Crippen LogP contribution in [-0.4, -0.2) is 35.8 Å². The molecule has 0 bridgehead atoms. The molecule has 2 aromatic rings. The van der Waals surface area contributed by atoms with E-state index in [1.54, 1.807) is 0 Å². The topological polar surface area (TPSA) is 42.3 Å². The van der Waals surface area contributed by atoms with Crippen LogP contribution in [0.1, 0.15) is 29.5 Å². The van der Waals surface area contributed by atoms with Crippen molar-refractivity contribution in [3.05, 3.63) is 47.5 Å². The Morgan fingerprint density at radius 1 is 1.35 bits per heavy atom. The van der Waals surface area contributed by atoms with Crippen molar-refractivity contribution in [2.45, 2.75) is 31.5 Å². The number of benzene rings is 1. The Bertz CT molecular complexity index is 696. The fourth-order valence-corrected chi connectivity index (χ4v) is 3.68. The lowest BCUT2D eigenvalue weighted by Gasteiger charge is -2.20. The van der Waals surface area contributed by atoms with Crippen molar-refractivity contribution in [2.75, 3.05) is 25.1 Å². The molecule has 2 aliphatic rings. The minimum atomic E-state index is 0.0514. The normalized spacial score (nSPS) is 23.5. The van der Waals surface area contributed by atoms with Crippen molar-refractivity contribution < 1.29 is 4.74 Å². The van der Waals surface area contributed by atoms with Crippen molar-refractivity contribution >= 4 is 5.69 Å². The second-order valence-corrected chi connectivity index (χ2v) is 6.60. The number of hydrogen-bond donors (Lipinski definition) is 1. The first-order valence-electron chi connectivity index (χ1n) is 8.37. The molecule has 0 radical (unpaired) electrons. The first-order chi connectivity index (χ1) is 11.2. The molecule has 0 unspecified atom stereocenters. The Kier molecular flexibility index (Phi) is 3.83. The Balaban J connectivity index is 1.44. The fourth-order valence-electron chi connectivity index (χ4n) is 3.68. The van der Waals surface area contributed by atoms with Crippen LogP contribution in [0.2, 0.25) is 0 Å². The van der Waals surface area contributed by atoms with E-state index >= 15 is 0 Å². The smallest absolute Gasteiger partial charge is 0.139 e. The van der Waals surface area contributed by atoms with Gasteiger partial charge in [-0.15, -0.1) is 0 Å². The SMILES string of the molecule is CN1CCc2cc(CN[C@H]3CCO[C@@H]3c3nccn3C)ccc21. The molecule has 23 heavy (non-hydrogen) atoms. The van der Waals surface area contributed by atoms with E-state index in [9.17, 15) is 0 Å². The van der Waals surface area contributed by atoms with Crippen LogP contribution in [0.15, 0.2) is 30.6 Å². The lowest BCUT2D eigenvalue weighted by Crippen LogP contribution is -2.32. The molecule has 0 spiro atoms. The largest absolute Gasteiger partial charge is 0.374 e. The number of ether oxygens (including phenoxy) is 1. The summed E-state index contributed by atoms with van der Waals surface area (Å²) in [4.78, 5) is 6.78. The van der Waals surface area contributed by atoms with Gasteiger partial charge in [0.15, 0.2) is 0 Å². The number of hydrogen-bond acceptors (Lipinski definition) is 4. The summed E-state index contributed by atoms with van der Waals surface area (Å²) in [6.45, 7) is 2.81. The second-order valence-electron chi connectivity index (χ2n) is 6.60. The summed E-state index contributed by atoms with van der Waals surface area (Å²) in [6, 6.07) is 7.16. The lowest BCUT2D eigenvalue weighted by atomic mass is 10.1. The molecule has 5 heteroatoms. The van der Waals surface area contributed by atoms with E-state index < -0.39 is 0 Å². The van der Waals surface area contributed by atoms with E-state index in [-0.39, 0.29) is 6.10 Å². The monoisotopic (exact) mass is 312 g/mol. The quantitative estimate of drug-likeness (QED) is 0.938. The third kappa shape index (κ3) is 2.75. The van der Waals surface area contributed by atoms with Crippen LogP contribution in [0.25, 0.3) is 0 Å². The zero-order valence-corrected chi connectivity index (χ0v) is 13.8. The molecule has 0 aliphatic carbocycles. The van der Waals surface area contributed by atoms with Crippen molar-refractivity contribution in [3.63, 3.8) is 0 Å². The van der Waals surface area contributed by atoms with E-state index in [4.69, 9.17) is 4.74 Å². The average molecular weight is 312 g/mol. The maximum atomic E-state index is 5.91. The number of rotatable bonds is 4. The number of nitrogens with zero attached hydrogens (tertiary/aromatic N) is 3. The van der Waals surface area contributed by atoms with Gasteiger partial charge in [-0.3, -0.25) is 0 Å². The molecule has 1 N–H and O–H groups in total. The summed E-state index contributed by atoms with van der Waals surface area (Å²) >= 11 is 0. The molecule has 2 atom stereocenters. The minimum absolute atomic E-state index is 0.0514. The van der Waals surface area contributed by atoms with Crippen molar-refractivity contribution in [1.29, 1.82) is 0 Å². The zero-order valence-electron chi connectivity index (χ0n) is 13.8. The van der Waals surface area contributed by atoms with Gasteiger partial charge in [0.2, 0.25) is 0 Å². The van der Waals surface area contributed by atoms with Crippen LogP contribution in [0.5, 0.6) is 0 Å². The molecular weight excluding hydrogens is 288 g/mol. The number of anilines is 1. The summed E-state index contributed by atoms with van der Waals surface area (Å²) in [5.74, 6) is 1.01. The Morgan fingerprint density at radius 3 is 3.09 bits per heavy atom. The average Bonchev–Trinajstić information content (AvgIpc) is 3.26. The summed E-state index contributed by atoms with van der Waals surface area (Å²) in [5, 5.41) is 3.67. The number of likely N-dealkylation sites (N-methyl/N-ethyl adjacent to an activating group) is 1. The number of aromatic nitrogens is 2. The molecule has 0 amide bonds. The zero-order chi connectivity index (χ0) is 15.8. The number of aryl methyl sites for hydroxylation is 1. The summed E-state index contributed by atoms with van der Waals surface area (Å²) in [6.07, 6.45) is 6.05. The molecular formula is C18H24N4O. The first kappa shape index (κ1) is 14.7. The van der Waals surface area contributed by atoms with Crippen LogP contribution in [0.4, 0.5) is 5.69 Å². The van der Waals surface area contributed by atoms with Crippen molar-refractivity contribution in [2.24, 2.45) is 7.05 Å². The maximum Gasteiger partial charge on any atom is 0.139 e. The highest BCUT2D eigenvalue weighted by Crippen LogP contribution is 2.29. The Hall–Kier alpha value is -1.85. The van der Waals surface area contributed by atoms with Crippen LogP contribution in [0.3, 0.4) is 0 Å². The van der Waals surface area contributed by atoms with E-state index in [2.05, 4.69) is 45.0 Å². The summed E-state index contributed by atoms with van der Waals surface area (Å²) in [5.41, 5.74) is 4.20. The molecule has 1 aromatic carbocycles. The van der Waals surface area contributed by atoms with Gasteiger partial charge in [-0.2, -0.15) is 0 Å². The predicted octanol–water partition coefficient (Wildman–Crippen LogP) is 2.03. The van der Waals surface area contributed by atoms with Gasteiger partial charge in [-0.05, 0) is 30.0 Å². The second kappa shape index (κ2) is 5.98. The highest BCUT2D eigenvalue weighted by Gasteiger charge is 2.32. The molecule has 2 aliphatic heterocycles. The fraction of sp³-hybridized carbons (Fsp3) is 0.500. The number of nitrogens with one attached hydrogen (secondary N) is 1. The van der Waals surface area contributed by atoms with Crippen LogP contribution >= 0.6 is 0 Å². The number of imidazole rings is 1. The standard InChI is InChI=1S/C18H24N4O/c1-21-8-5-14-11-13(3-4-16(14)21)12-20-15-6-10-23-17(15)18-19-7-9-22(18)2/h3-4,7,9,11,15,17,20H,5-6,8,10,12H2,1-2H3/t15-,17-/m0/s1. The van der Waals surface area contributed by atoms with Gasteiger partial charge in [0.1, 0.15) is 11.9 Å². The third-order valence-corrected chi connectivity index (χ3v) is 5.04. The molecule has 5 nitrogen and oxygen atoms in total. The van der Waals surface area contributed by atoms with Crippen LogP contribution in [-0.2, 0) is 24.8 Å². The van der Waals surface area contributed by atoms with E-state index in [1.807, 2.05) is 19.4 Å². The first-order valence-corrected chi connectivity index (χ1v) is 8.37. The molecule has 3 heterocycles. The van der Waals surface area contributed by atoms with Crippen molar-refractivity contribution in [1.82, 2.24) is 14.9 Å². The van der Waals surface area contributed by atoms with E-state index in [0.717, 1.165) is 38.4 Å². The Morgan fingerprint density at radius 2 is 2.26 bits per heavy atom. The molecule has 122 valence electrons. The van der Waals surface area contributed by atoms with Gasteiger partial charge in [0, 0.05) is 57.9 Å². The van der Waals surface area contributed by atoms with Crippen molar-refractivity contribution in [3.8, 4) is 0 Å². The van der Waals surface area contributed by atoms with E-state index in [1.165, 1.54) is 16.8 Å². The van der Waals surface area contributed by atoms with Gasteiger partial charge in [0.05, 0.1) is 0 Å². The van der Waals surface area contributed by atoms with Crippen LogP contribution < -0.4 is 10.2 Å².